The molecule has 86 valence electrons. The number of aliphatic hydroxyl groups excluding tert-OH is 1. The second-order valence-electron chi connectivity index (χ2n) is 2.87. The molecule has 5 nitrogen and oxygen atoms in total. The smallest absolute Gasteiger partial charge is 0.321 e. The number of amides is 2. The van der Waals surface area contributed by atoms with Crippen molar-refractivity contribution in [2.45, 2.75) is 13.3 Å². The summed E-state index contributed by atoms with van der Waals surface area (Å²) in [6, 6.07) is -0.266. The van der Waals surface area contributed by atoms with Crippen molar-refractivity contribution in [3.8, 4) is 11.8 Å². The summed E-state index contributed by atoms with van der Waals surface area (Å²) in [6.45, 7) is 2.43. The van der Waals surface area contributed by atoms with Gasteiger partial charge >= 0.3 is 6.03 Å². The van der Waals surface area contributed by atoms with Gasteiger partial charge in [0.2, 0.25) is 0 Å². The quantitative estimate of drug-likeness (QED) is 0.689. The maximum atomic E-state index is 11.3. The largest absolute Gasteiger partial charge is 0.384 e. The van der Waals surface area contributed by atoms with Crippen LogP contribution in [0.15, 0.2) is 6.20 Å². The Labute approximate surface area is 97.9 Å². The maximum Gasteiger partial charge on any atom is 0.321 e. The van der Waals surface area contributed by atoms with E-state index in [4.69, 9.17) is 5.11 Å². The van der Waals surface area contributed by atoms with E-state index < -0.39 is 0 Å². The average Bonchev–Trinajstić information content (AvgIpc) is 2.71. The van der Waals surface area contributed by atoms with Gasteiger partial charge in [-0.15, -0.1) is 0 Å². The van der Waals surface area contributed by atoms with Crippen LogP contribution in [0.25, 0.3) is 0 Å². The number of urea groups is 1. The number of nitrogens with zero attached hydrogens (tertiary/aromatic N) is 1. The molecule has 0 bridgehead atoms. The Morgan fingerprint density at radius 2 is 2.50 bits per heavy atom. The first-order valence-corrected chi connectivity index (χ1v) is 5.68. The van der Waals surface area contributed by atoms with E-state index in [1.54, 1.807) is 6.20 Å². The van der Waals surface area contributed by atoms with Gasteiger partial charge in [0.15, 0.2) is 5.13 Å². The van der Waals surface area contributed by atoms with Crippen molar-refractivity contribution in [1.29, 1.82) is 0 Å². The van der Waals surface area contributed by atoms with Gasteiger partial charge in [-0.3, -0.25) is 5.32 Å². The molecule has 0 atom stereocenters. The molecule has 2 amide bonds. The molecule has 0 aliphatic heterocycles. The van der Waals surface area contributed by atoms with Crippen LogP contribution >= 0.6 is 11.3 Å². The lowest BCUT2D eigenvalue weighted by atomic mass is 10.5. The predicted octanol–water partition coefficient (Wildman–Crippen LogP) is 1.02. The molecule has 0 aromatic carbocycles. The number of aliphatic hydroxyl groups is 1. The number of carbonyl (C=O) groups is 1. The minimum Gasteiger partial charge on any atom is -0.384 e. The second-order valence-corrected chi connectivity index (χ2v) is 3.90. The first-order chi connectivity index (χ1) is 7.76. The Morgan fingerprint density at radius 3 is 3.19 bits per heavy atom. The highest BCUT2D eigenvalue weighted by Crippen LogP contribution is 2.16. The van der Waals surface area contributed by atoms with E-state index in [-0.39, 0.29) is 12.6 Å². The standard InChI is InChI=1S/C10H13N3O2S/c1-2-5-11-9(15)13-10-12-7-8(16-10)4-3-6-14/h7,14H,2,5-6H2,1H3,(H2,11,12,13,15). The summed E-state index contributed by atoms with van der Waals surface area (Å²) >= 11 is 1.27. The van der Waals surface area contributed by atoms with Gasteiger partial charge < -0.3 is 10.4 Å². The van der Waals surface area contributed by atoms with Crippen LogP contribution in [0.1, 0.15) is 18.2 Å². The van der Waals surface area contributed by atoms with Crippen molar-refractivity contribution in [2.24, 2.45) is 0 Å². The fourth-order valence-corrected chi connectivity index (χ4v) is 1.58. The molecule has 1 aromatic heterocycles. The lowest BCUT2D eigenvalue weighted by Crippen LogP contribution is -2.29. The SMILES string of the molecule is CCCNC(=O)Nc1ncc(C#CCO)s1. The van der Waals surface area contributed by atoms with Crippen LogP contribution in [0, 0.1) is 11.8 Å². The Kier molecular flexibility index (Phi) is 5.32. The molecule has 6 heteroatoms. The third kappa shape index (κ3) is 4.29. The highest BCUT2D eigenvalue weighted by molar-refractivity contribution is 7.16. The number of rotatable bonds is 3. The van der Waals surface area contributed by atoms with Crippen molar-refractivity contribution in [3.05, 3.63) is 11.1 Å². The lowest BCUT2D eigenvalue weighted by Gasteiger charge is -2.02. The van der Waals surface area contributed by atoms with Gasteiger partial charge in [0.05, 0.1) is 11.1 Å². The van der Waals surface area contributed by atoms with Crippen molar-refractivity contribution in [2.75, 3.05) is 18.5 Å². The highest BCUT2D eigenvalue weighted by atomic mass is 32.1. The first kappa shape index (κ1) is 12.5. The Bertz CT molecular complexity index is 406. The summed E-state index contributed by atoms with van der Waals surface area (Å²) in [5.74, 6) is 5.23. The molecule has 0 saturated heterocycles. The number of anilines is 1. The summed E-state index contributed by atoms with van der Waals surface area (Å²) in [5.41, 5.74) is 0. The van der Waals surface area contributed by atoms with E-state index in [0.717, 1.165) is 6.42 Å². The fourth-order valence-electron chi connectivity index (χ4n) is 0.896. The zero-order valence-corrected chi connectivity index (χ0v) is 9.73. The van der Waals surface area contributed by atoms with Gasteiger partial charge in [-0.1, -0.05) is 30.1 Å². The molecule has 1 heterocycles. The van der Waals surface area contributed by atoms with E-state index in [1.807, 2.05) is 6.92 Å². The summed E-state index contributed by atoms with van der Waals surface area (Å²) < 4.78 is 0. The molecular formula is C10H13N3O2S. The molecule has 0 radical (unpaired) electrons. The lowest BCUT2D eigenvalue weighted by molar-refractivity contribution is 0.252. The minimum atomic E-state index is -0.266. The van der Waals surface area contributed by atoms with E-state index >= 15 is 0 Å². The van der Waals surface area contributed by atoms with E-state index in [9.17, 15) is 4.79 Å². The summed E-state index contributed by atoms with van der Waals surface area (Å²) in [5, 5.41) is 14.3. The normalized spacial score (nSPS) is 9.12. The van der Waals surface area contributed by atoms with Crippen LogP contribution in [0.4, 0.5) is 9.93 Å². The van der Waals surface area contributed by atoms with Crippen molar-refractivity contribution in [3.63, 3.8) is 0 Å². The van der Waals surface area contributed by atoms with Crippen LogP contribution in [0.3, 0.4) is 0 Å². The molecular weight excluding hydrogens is 226 g/mol. The second kappa shape index (κ2) is 6.82. The van der Waals surface area contributed by atoms with Crippen molar-refractivity contribution >= 4 is 22.5 Å². The van der Waals surface area contributed by atoms with Crippen molar-refractivity contribution < 1.29 is 9.90 Å². The fraction of sp³-hybridized carbons (Fsp3) is 0.400. The molecule has 0 saturated carbocycles. The molecule has 0 aliphatic rings. The first-order valence-electron chi connectivity index (χ1n) is 4.86. The van der Waals surface area contributed by atoms with Crippen LogP contribution in [0.2, 0.25) is 0 Å². The van der Waals surface area contributed by atoms with Crippen molar-refractivity contribution in [1.82, 2.24) is 10.3 Å². The van der Waals surface area contributed by atoms with Crippen LogP contribution < -0.4 is 10.6 Å². The van der Waals surface area contributed by atoms with Crippen LogP contribution in [-0.4, -0.2) is 29.3 Å². The number of thiazole rings is 1. The maximum absolute atomic E-state index is 11.3. The van der Waals surface area contributed by atoms with Gasteiger partial charge in [-0.25, -0.2) is 9.78 Å². The topological polar surface area (TPSA) is 74.2 Å². The molecule has 0 spiro atoms. The molecule has 1 rings (SSSR count). The van der Waals surface area contributed by atoms with Gasteiger partial charge in [-0.05, 0) is 6.42 Å². The minimum absolute atomic E-state index is 0.183. The Hall–Kier alpha value is -1.58. The molecule has 0 aliphatic carbocycles. The van der Waals surface area contributed by atoms with Crippen LogP contribution in [-0.2, 0) is 0 Å². The average molecular weight is 239 g/mol. The zero-order chi connectivity index (χ0) is 11.8. The molecule has 3 N–H and O–H groups in total. The van der Waals surface area contributed by atoms with E-state index in [2.05, 4.69) is 27.5 Å². The van der Waals surface area contributed by atoms with Gasteiger partial charge in [0.25, 0.3) is 0 Å². The molecule has 1 aromatic rings. The third-order valence-corrected chi connectivity index (χ3v) is 2.38. The summed E-state index contributed by atoms with van der Waals surface area (Å²) in [6.07, 6.45) is 2.45. The van der Waals surface area contributed by atoms with Gasteiger partial charge in [-0.2, -0.15) is 0 Å². The summed E-state index contributed by atoms with van der Waals surface area (Å²) in [7, 11) is 0. The Morgan fingerprint density at radius 1 is 1.69 bits per heavy atom. The van der Waals surface area contributed by atoms with E-state index in [1.165, 1.54) is 11.3 Å². The Balaban J connectivity index is 2.48. The number of carbonyl (C=O) groups excluding carboxylic acids is 1. The monoisotopic (exact) mass is 239 g/mol. The predicted molar refractivity (Wildman–Crippen MR) is 63.4 cm³/mol. The molecule has 0 unspecified atom stereocenters. The highest BCUT2D eigenvalue weighted by Gasteiger charge is 2.03. The van der Waals surface area contributed by atoms with Gasteiger partial charge in [0.1, 0.15) is 6.61 Å². The number of hydrogen-bond acceptors (Lipinski definition) is 4. The number of hydrogen-bond donors (Lipinski definition) is 3. The summed E-state index contributed by atoms with van der Waals surface area (Å²) in [4.78, 5) is 16.0. The number of nitrogens with one attached hydrogen (secondary N) is 2. The van der Waals surface area contributed by atoms with Gasteiger partial charge in [0, 0.05) is 6.54 Å². The molecule has 16 heavy (non-hydrogen) atoms. The third-order valence-electron chi connectivity index (χ3n) is 1.55. The zero-order valence-electron chi connectivity index (χ0n) is 8.91. The molecule has 0 fully saturated rings. The van der Waals surface area contributed by atoms with E-state index in [0.29, 0.717) is 16.6 Å². The van der Waals surface area contributed by atoms with Crippen LogP contribution in [0.5, 0.6) is 0 Å². The number of aromatic nitrogens is 1.